The molecule has 132 valence electrons. The molecule has 0 saturated heterocycles. The van der Waals surface area contributed by atoms with Gasteiger partial charge in [0.15, 0.2) is 0 Å². The molecule has 0 fully saturated rings. The van der Waals surface area contributed by atoms with E-state index in [0.29, 0.717) is 16.8 Å². The first-order valence-electron chi connectivity index (χ1n) is 8.37. The Morgan fingerprint density at radius 1 is 1.16 bits per heavy atom. The number of nitrogens with zero attached hydrogens (tertiary/aromatic N) is 2. The average Bonchev–Trinajstić information content (AvgIpc) is 2.61. The molecule has 6 heteroatoms. The molecule has 0 spiro atoms. The lowest BCUT2D eigenvalue weighted by Gasteiger charge is -2.21. The van der Waals surface area contributed by atoms with Gasteiger partial charge in [-0.25, -0.2) is 4.98 Å². The summed E-state index contributed by atoms with van der Waals surface area (Å²) in [7, 11) is 0. The highest BCUT2D eigenvalue weighted by Gasteiger charge is 2.12. The van der Waals surface area contributed by atoms with Crippen LogP contribution in [0.3, 0.4) is 0 Å². The molecule has 2 aromatic rings. The maximum Gasteiger partial charge on any atom is 0.307 e. The second-order valence-corrected chi connectivity index (χ2v) is 5.67. The summed E-state index contributed by atoms with van der Waals surface area (Å²) in [6.07, 6.45) is 2.43. The molecule has 1 heterocycles. The van der Waals surface area contributed by atoms with Crippen LogP contribution in [-0.4, -0.2) is 35.1 Å². The largest absolute Gasteiger partial charge is 0.481 e. The molecule has 0 aliphatic rings. The number of nitrogens with one attached hydrogen (secondary N) is 1. The Labute approximate surface area is 147 Å². The van der Waals surface area contributed by atoms with Gasteiger partial charge in [-0.3, -0.25) is 9.59 Å². The van der Waals surface area contributed by atoms with Gasteiger partial charge in [0.05, 0.1) is 12.0 Å². The van der Waals surface area contributed by atoms with Crippen molar-refractivity contribution < 1.29 is 14.7 Å². The number of amides is 1. The lowest BCUT2D eigenvalue weighted by atomic mass is 10.1. The molecule has 2 N–H and O–H groups in total. The average molecular weight is 341 g/mol. The number of para-hydroxylation sites is 1. The number of benzene rings is 1. The second-order valence-electron chi connectivity index (χ2n) is 5.67. The van der Waals surface area contributed by atoms with E-state index in [1.54, 1.807) is 36.5 Å². The van der Waals surface area contributed by atoms with E-state index in [0.717, 1.165) is 25.3 Å². The van der Waals surface area contributed by atoms with E-state index in [1.807, 2.05) is 6.07 Å². The highest BCUT2D eigenvalue weighted by molar-refractivity contribution is 6.04. The number of hydrogen-bond donors (Lipinski definition) is 2. The van der Waals surface area contributed by atoms with Gasteiger partial charge in [-0.15, -0.1) is 0 Å². The van der Waals surface area contributed by atoms with Gasteiger partial charge in [0.1, 0.15) is 5.82 Å². The Morgan fingerprint density at radius 2 is 1.92 bits per heavy atom. The molecule has 0 aliphatic heterocycles. The van der Waals surface area contributed by atoms with Gasteiger partial charge in [-0.2, -0.15) is 0 Å². The second kappa shape index (κ2) is 8.82. The van der Waals surface area contributed by atoms with Crippen molar-refractivity contribution in [3.8, 4) is 0 Å². The molecular weight excluding hydrogens is 318 g/mol. The van der Waals surface area contributed by atoms with Gasteiger partial charge >= 0.3 is 5.97 Å². The summed E-state index contributed by atoms with van der Waals surface area (Å²) in [5, 5.41) is 11.7. The third-order valence-electron chi connectivity index (χ3n) is 3.82. The monoisotopic (exact) mass is 341 g/mol. The zero-order valence-electron chi connectivity index (χ0n) is 14.5. The van der Waals surface area contributed by atoms with Crippen LogP contribution in [0.4, 0.5) is 11.5 Å². The summed E-state index contributed by atoms with van der Waals surface area (Å²) < 4.78 is 0. The van der Waals surface area contributed by atoms with Crippen LogP contribution < -0.4 is 10.2 Å². The molecule has 25 heavy (non-hydrogen) atoms. The SMILES string of the molecule is CCCN(CC)c1ccc(C(=O)Nc2ccccc2CC(=O)O)cn1. The molecule has 1 aromatic carbocycles. The van der Waals surface area contributed by atoms with Gasteiger partial charge in [0.25, 0.3) is 5.91 Å². The van der Waals surface area contributed by atoms with Crippen molar-refractivity contribution in [1.29, 1.82) is 0 Å². The van der Waals surface area contributed by atoms with E-state index in [4.69, 9.17) is 5.11 Å². The number of carboxylic acid groups (broad SMARTS) is 1. The summed E-state index contributed by atoms with van der Waals surface area (Å²) in [5.74, 6) is -0.411. The van der Waals surface area contributed by atoms with Crippen molar-refractivity contribution in [3.05, 3.63) is 53.7 Å². The Balaban J connectivity index is 2.13. The molecule has 0 saturated carbocycles. The standard InChI is InChI=1S/C19H23N3O3/c1-3-11-22(4-2)17-10-9-15(13-20-17)19(25)21-16-8-6-5-7-14(16)12-18(23)24/h5-10,13H,3-4,11-12H2,1-2H3,(H,21,25)(H,23,24). The third-order valence-corrected chi connectivity index (χ3v) is 3.82. The number of carbonyl (C=O) groups is 2. The molecule has 1 aromatic heterocycles. The first-order valence-corrected chi connectivity index (χ1v) is 8.37. The van der Waals surface area contributed by atoms with E-state index in [-0.39, 0.29) is 12.3 Å². The van der Waals surface area contributed by atoms with Crippen LogP contribution in [0.1, 0.15) is 36.2 Å². The minimum absolute atomic E-state index is 0.143. The molecule has 0 radical (unpaired) electrons. The van der Waals surface area contributed by atoms with E-state index in [9.17, 15) is 9.59 Å². The lowest BCUT2D eigenvalue weighted by molar-refractivity contribution is -0.136. The summed E-state index contributed by atoms with van der Waals surface area (Å²) in [5.41, 5.74) is 1.50. The number of anilines is 2. The van der Waals surface area contributed by atoms with Crippen molar-refractivity contribution in [3.63, 3.8) is 0 Å². The van der Waals surface area contributed by atoms with Crippen molar-refractivity contribution >= 4 is 23.4 Å². The quantitative estimate of drug-likeness (QED) is 0.770. The minimum Gasteiger partial charge on any atom is -0.481 e. The Bertz CT molecular complexity index is 729. The molecule has 1 amide bonds. The van der Waals surface area contributed by atoms with E-state index >= 15 is 0 Å². The number of pyridine rings is 1. The maximum absolute atomic E-state index is 12.4. The summed E-state index contributed by atoms with van der Waals surface area (Å²) in [6.45, 7) is 5.95. The molecule has 0 aliphatic carbocycles. The van der Waals surface area contributed by atoms with Crippen molar-refractivity contribution in [2.24, 2.45) is 0 Å². The van der Waals surface area contributed by atoms with Gasteiger partial charge in [0.2, 0.25) is 0 Å². The fourth-order valence-corrected chi connectivity index (χ4v) is 2.57. The zero-order valence-corrected chi connectivity index (χ0v) is 14.5. The van der Waals surface area contributed by atoms with Crippen LogP contribution >= 0.6 is 0 Å². The fourth-order valence-electron chi connectivity index (χ4n) is 2.57. The third kappa shape index (κ3) is 5.04. The van der Waals surface area contributed by atoms with E-state index < -0.39 is 5.97 Å². The number of carboxylic acids is 1. The van der Waals surface area contributed by atoms with Crippen molar-refractivity contribution in [2.45, 2.75) is 26.7 Å². The summed E-state index contributed by atoms with van der Waals surface area (Å²) >= 11 is 0. The zero-order chi connectivity index (χ0) is 18.2. The van der Waals surface area contributed by atoms with Gasteiger partial charge in [-0.1, -0.05) is 25.1 Å². The van der Waals surface area contributed by atoms with Crippen LogP contribution in [0.15, 0.2) is 42.6 Å². The van der Waals surface area contributed by atoms with Crippen LogP contribution in [-0.2, 0) is 11.2 Å². The van der Waals surface area contributed by atoms with Crippen LogP contribution in [0.2, 0.25) is 0 Å². The predicted octanol–water partition coefficient (Wildman–Crippen LogP) is 3.20. The number of aliphatic carboxylic acids is 1. The van der Waals surface area contributed by atoms with Gasteiger partial charge in [0, 0.05) is 25.0 Å². The Morgan fingerprint density at radius 3 is 2.52 bits per heavy atom. The number of aromatic nitrogens is 1. The first kappa shape index (κ1) is 18.4. The highest BCUT2D eigenvalue weighted by atomic mass is 16.4. The number of hydrogen-bond acceptors (Lipinski definition) is 4. The van der Waals surface area contributed by atoms with Crippen molar-refractivity contribution in [1.82, 2.24) is 4.98 Å². The molecule has 0 atom stereocenters. The van der Waals surface area contributed by atoms with Gasteiger partial charge in [-0.05, 0) is 37.1 Å². The topological polar surface area (TPSA) is 82.5 Å². The van der Waals surface area contributed by atoms with E-state index in [2.05, 4.69) is 29.0 Å². The first-order chi connectivity index (χ1) is 12.0. The van der Waals surface area contributed by atoms with Gasteiger partial charge < -0.3 is 15.3 Å². The van der Waals surface area contributed by atoms with Crippen molar-refractivity contribution in [2.75, 3.05) is 23.3 Å². The lowest BCUT2D eigenvalue weighted by Crippen LogP contribution is -2.24. The Kier molecular flexibility index (Phi) is 6.51. The molecule has 6 nitrogen and oxygen atoms in total. The van der Waals surface area contributed by atoms with E-state index in [1.165, 1.54) is 0 Å². The smallest absolute Gasteiger partial charge is 0.307 e. The fraction of sp³-hybridized carbons (Fsp3) is 0.316. The van der Waals surface area contributed by atoms with Crippen LogP contribution in [0, 0.1) is 0 Å². The van der Waals surface area contributed by atoms with Crippen LogP contribution in [0.25, 0.3) is 0 Å². The Hall–Kier alpha value is -2.89. The minimum atomic E-state index is -0.941. The number of carbonyl (C=O) groups excluding carboxylic acids is 1. The summed E-state index contributed by atoms with van der Waals surface area (Å²) in [4.78, 5) is 29.9. The highest BCUT2D eigenvalue weighted by Crippen LogP contribution is 2.18. The predicted molar refractivity (Wildman–Crippen MR) is 98.2 cm³/mol. The molecule has 0 bridgehead atoms. The molecule has 0 unspecified atom stereocenters. The molecular formula is C19H23N3O3. The maximum atomic E-state index is 12.4. The number of rotatable bonds is 8. The molecule has 2 rings (SSSR count). The normalized spacial score (nSPS) is 10.3. The van der Waals surface area contributed by atoms with Crippen LogP contribution in [0.5, 0.6) is 0 Å². The summed E-state index contributed by atoms with van der Waals surface area (Å²) in [6, 6.07) is 10.4.